The number of aromatic nitrogens is 3. The largest absolute Gasteiger partial charge is 0.225 e. The molecule has 0 N–H and O–H groups in total. The second-order valence-corrected chi connectivity index (χ2v) is 2.91. The number of hydrogen-bond acceptors (Lipinski definition) is 3. The molecule has 1 heterocycles. The second kappa shape index (κ2) is 3.49. The van der Waals surface area contributed by atoms with Crippen molar-refractivity contribution in [3.05, 3.63) is 41.9 Å². The van der Waals surface area contributed by atoms with Crippen LogP contribution in [0.4, 0.5) is 0 Å². The van der Waals surface area contributed by atoms with E-state index >= 15 is 0 Å². The molecule has 0 unspecified atom stereocenters. The highest BCUT2D eigenvalue weighted by atomic mass is 35.5. The molecule has 0 saturated carbocycles. The molecule has 64 valence electrons. The molecule has 13 heavy (non-hydrogen) atoms. The van der Waals surface area contributed by atoms with E-state index in [9.17, 15) is 0 Å². The van der Waals surface area contributed by atoms with Crippen LogP contribution in [0.3, 0.4) is 0 Å². The van der Waals surface area contributed by atoms with Crippen LogP contribution < -0.4 is 0 Å². The van der Waals surface area contributed by atoms with E-state index in [1.165, 1.54) is 12.7 Å². The van der Waals surface area contributed by atoms with E-state index < -0.39 is 0 Å². The zero-order valence-electron chi connectivity index (χ0n) is 6.68. The Hall–Kier alpha value is -1.48. The molecule has 1 aromatic heterocycles. The van der Waals surface area contributed by atoms with Crippen molar-refractivity contribution in [2.45, 2.75) is 0 Å². The van der Waals surface area contributed by atoms with Crippen LogP contribution in [0.1, 0.15) is 0 Å². The van der Waals surface area contributed by atoms with Gasteiger partial charge in [0, 0.05) is 10.6 Å². The third-order valence-corrected chi connectivity index (χ3v) is 1.81. The molecular weight excluding hydrogens is 186 g/mol. The minimum atomic E-state index is 0.637. The molecule has 2 rings (SSSR count). The summed E-state index contributed by atoms with van der Waals surface area (Å²) in [5.74, 6) is 0.637. The van der Waals surface area contributed by atoms with Gasteiger partial charge >= 0.3 is 0 Å². The first-order chi connectivity index (χ1) is 6.36. The van der Waals surface area contributed by atoms with Gasteiger partial charge in [0.2, 0.25) is 0 Å². The standard InChI is InChI=1S/C9H6ClN3/c10-8-3-1-2-7(4-8)9-12-5-11-6-13-9/h1-6H. The van der Waals surface area contributed by atoms with Crippen LogP contribution in [0.2, 0.25) is 5.02 Å². The third-order valence-electron chi connectivity index (χ3n) is 1.58. The van der Waals surface area contributed by atoms with Gasteiger partial charge in [0.1, 0.15) is 12.7 Å². The van der Waals surface area contributed by atoms with Crippen molar-refractivity contribution < 1.29 is 0 Å². The molecule has 0 aliphatic carbocycles. The van der Waals surface area contributed by atoms with Crippen LogP contribution >= 0.6 is 11.6 Å². The normalized spacial score (nSPS) is 9.92. The Bertz CT molecular complexity index is 403. The van der Waals surface area contributed by atoms with Crippen LogP contribution in [0.15, 0.2) is 36.9 Å². The van der Waals surface area contributed by atoms with E-state index in [1.54, 1.807) is 0 Å². The molecule has 0 aliphatic heterocycles. The topological polar surface area (TPSA) is 38.7 Å². The molecule has 0 radical (unpaired) electrons. The van der Waals surface area contributed by atoms with Gasteiger partial charge in [-0.15, -0.1) is 0 Å². The summed E-state index contributed by atoms with van der Waals surface area (Å²) < 4.78 is 0. The summed E-state index contributed by atoms with van der Waals surface area (Å²) in [4.78, 5) is 11.8. The molecule has 0 spiro atoms. The predicted molar refractivity (Wildman–Crippen MR) is 50.3 cm³/mol. The molecule has 2 aromatic rings. The Balaban J connectivity index is 2.48. The Morgan fingerprint density at radius 2 is 1.85 bits per heavy atom. The van der Waals surface area contributed by atoms with Crippen LogP contribution in [0.5, 0.6) is 0 Å². The summed E-state index contributed by atoms with van der Waals surface area (Å²) in [5, 5.41) is 0.679. The summed E-state index contributed by atoms with van der Waals surface area (Å²) >= 11 is 5.82. The summed E-state index contributed by atoms with van der Waals surface area (Å²) in [5.41, 5.74) is 0.898. The smallest absolute Gasteiger partial charge is 0.162 e. The van der Waals surface area contributed by atoms with Gasteiger partial charge in [0.25, 0.3) is 0 Å². The lowest BCUT2D eigenvalue weighted by molar-refractivity contribution is 1.06. The number of rotatable bonds is 1. The van der Waals surface area contributed by atoms with E-state index in [4.69, 9.17) is 11.6 Å². The first kappa shape index (κ1) is 8.13. The van der Waals surface area contributed by atoms with Crippen molar-refractivity contribution >= 4 is 11.6 Å². The highest BCUT2D eigenvalue weighted by molar-refractivity contribution is 6.30. The van der Waals surface area contributed by atoms with Gasteiger partial charge in [0.05, 0.1) is 0 Å². The van der Waals surface area contributed by atoms with Crippen LogP contribution in [0.25, 0.3) is 11.4 Å². The lowest BCUT2D eigenvalue weighted by Gasteiger charge is -1.97. The Morgan fingerprint density at radius 1 is 1.08 bits per heavy atom. The minimum Gasteiger partial charge on any atom is -0.225 e. The lowest BCUT2D eigenvalue weighted by Crippen LogP contribution is -1.88. The molecule has 0 saturated heterocycles. The summed E-state index contributed by atoms with van der Waals surface area (Å²) in [6, 6.07) is 7.39. The van der Waals surface area contributed by atoms with Crippen LogP contribution in [-0.2, 0) is 0 Å². The first-order valence-corrected chi connectivity index (χ1v) is 4.12. The number of nitrogens with zero attached hydrogens (tertiary/aromatic N) is 3. The van der Waals surface area contributed by atoms with Gasteiger partial charge in [-0.25, -0.2) is 15.0 Å². The van der Waals surface area contributed by atoms with Gasteiger partial charge in [0.15, 0.2) is 5.82 Å². The average molecular weight is 192 g/mol. The maximum atomic E-state index is 5.82. The van der Waals surface area contributed by atoms with Crippen molar-refractivity contribution in [1.29, 1.82) is 0 Å². The van der Waals surface area contributed by atoms with Crippen LogP contribution in [0, 0.1) is 0 Å². The zero-order chi connectivity index (χ0) is 9.10. The van der Waals surface area contributed by atoms with E-state index in [0.29, 0.717) is 10.8 Å². The molecule has 0 amide bonds. The molecule has 4 heteroatoms. The van der Waals surface area contributed by atoms with Gasteiger partial charge < -0.3 is 0 Å². The molecule has 0 fully saturated rings. The fourth-order valence-corrected chi connectivity index (χ4v) is 1.21. The van der Waals surface area contributed by atoms with E-state index in [0.717, 1.165) is 5.56 Å². The Kier molecular flexibility index (Phi) is 2.19. The SMILES string of the molecule is Clc1cccc(-c2ncncn2)c1. The average Bonchev–Trinajstić information content (AvgIpc) is 2.19. The maximum Gasteiger partial charge on any atom is 0.162 e. The number of halogens is 1. The molecule has 1 aromatic carbocycles. The van der Waals surface area contributed by atoms with Crippen molar-refractivity contribution in [3.8, 4) is 11.4 Å². The van der Waals surface area contributed by atoms with Gasteiger partial charge in [-0.1, -0.05) is 23.7 Å². The van der Waals surface area contributed by atoms with Crippen molar-refractivity contribution in [1.82, 2.24) is 15.0 Å². The summed E-state index contributed by atoms with van der Waals surface area (Å²) in [6.07, 6.45) is 2.92. The minimum absolute atomic E-state index is 0.637. The molecule has 0 aliphatic rings. The zero-order valence-corrected chi connectivity index (χ0v) is 7.44. The summed E-state index contributed by atoms with van der Waals surface area (Å²) in [7, 11) is 0. The van der Waals surface area contributed by atoms with Gasteiger partial charge in [-0.2, -0.15) is 0 Å². The molecular formula is C9H6ClN3. The first-order valence-electron chi connectivity index (χ1n) is 3.74. The highest BCUT2D eigenvalue weighted by Crippen LogP contribution is 2.17. The van der Waals surface area contributed by atoms with E-state index in [1.807, 2.05) is 24.3 Å². The molecule has 3 nitrogen and oxygen atoms in total. The summed E-state index contributed by atoms with van der Waals surface area (Å²) in [6.45, 7) is 0. The number of hydrogen-bond donors (Lipinski definition) is 0. The highest BCUT2D eigenvalue weighted by Gasteiger charge is 1.99. The van der Waals surface area contributed by atoms with Crippen LogP contribution in [-0.4, -0.2) is 15.0 Å². The Labute approximate surface area is 80.5 Å². The van der Waals surface area contributed by atoms with Crippen molar-refractivity contribution in [2.24, 2.45) is 0 Å². The fraction of sp³-hybridized carbons (Fsp3) is 0. The fourth-order valence-electron chi connectivity index (χ4n) is 1.02. The predicted octanol–water partition coefficient (Wildman–Crippen LogP) is 2.19. The quantitative estimate of drug-likeness (QED) is 0.694. The van der Waals surface area contributed by atoms with Crippen molar-refractivity contribution in [2.75, 3.05) is 0 Å². The molecule has 0 atom stereocenters. The van der Waals surface area contributed by atoms with E-state index in [-0.39, 0.29) is 0 Å². The lowest BCUT2D eigenvalue weighted by atomic mass is 10.2. The number of benzene rings is 1. The third kappa shape index (κ3) is 1.81. The van der Waals surface area contributed by atoms with Gasteiger partial charge in [-0.3, -0.25) is 0 Å². The van der Waals surface area contributed by atoms with Crippen molar-refractivity contribution in [3.63, 3.8) is 0 Å². The monoisotopic (exact) mass is 191 g/mol. The molecule has 0 bridgehead atoms. The van der Waals surface area contributed by atoms with Gasteiger partial charge in [-0.05, 0) is 12.1 Å². The second-order valence-electron chi connectivity index (χ2n) is 2.47. The Morgan fingerprint density at radius 3 is 2.54 bits per heavy atom. The maximum absolute atomic E-state index is 5.82. The van der Waals surface area contributed by atoms with E-state index in [2.05, 4.69) is 15.0 Å².